The summed E-state index contributed by atoms with van der Waals surface area (Å²) in [5, 5.41) is 6.62. The topological polar surface area (TPSA) is 49.0 Å². The summed E-state index contributed by atoms with van der Waals surface area (Å²) in [6.07, 6.45) is 6.67. The van der Waals surface area contributed by atoms with Gasteiger partial charge in [-0.3, -0.25) is 9.89 Å². The van der Waals surface area contributed by atoms with E-state index in [0.29, 0.717) is 12.1 Å². The molecule has 0 bridgehead atoms. The van der Waals surface area contributed by atoms with Crippen molar-refractivity contribution in [2.24, 2.45) is 0 Å². The van der Waals surface area contributed by atoms with Gasteiger partial charge in [0, 0.05) is 18.8 Å². The van der Waals surface area contributed by atoms with Crippen LogP contribution in [0, 0.1) is 6.92 Å². The standard InChI is InChI=1S/C10H13N3O/c1-8-9(7-11-12-8)10(14)13-5-3-2-4-6-13/h2-3,7H,4-6H2,1H3,(H,11,12). The first-order valence-corrected chi connectivity index (χ1v) is 4.73. The molecular weight excluding hydrogens is 178 g/mol. The molecular formula is C10H13N3O. The smallest absolute Gasteiger partial charge is 0.257 e. The third-order valence-corrected chi connectivity index (χ3v) is 2.41. The first kappa shape index (κ1) is 8.99. The number of hydrogen-bond acceptors (Lipinski definition) is 2. The molecule has 1 aromatic heterocycles. The monoisotopic (exact) mass is 191 g/mol. The molecule has 0 saturated heterocycles. The van der Waals surface area contributed by atoms with Gasteiger partial charge in [0.05, 0.1) is 11.8 Å². The Morgan fingerprint density at radius 3 is 3.00 bits per heavy atom. The summed E-state index contributed by atoms with van der Waals surface area (Å²) < 4.78 is 0. The molecule has 0 spiro atoms. The van der Waals surface area contributed by atoms with Crippen LogP contribution in [0.3, 0.4) is 0 Å². The van der Waals surface area contributed by atoms with Crippen molar-refractivity contribution in [2.75, 3.05) is 13.1 Å². The average molecular weight is 191 g/mol. The highest BCUT2D eigenvalue weighted by atomic mass is 16.2. The average Bonchev–Trinajstić information content (AvgIpc) is 2.65. The van der Waals surface area contributed by atoms with Gasteiger partial charge >= 0.3 is 0 Å². The number of aryl methyl sites for hydroxylation is 1. The van der Waals surface area contributed by atoms with E-state index in [0.717, 1.165) is 18.7 Å². The fourth-order valence-electron chi connectivity index (χ4n) is 1.56. The first-order chi connectivity index (χ1) is 6.79. The van der Waals surface area contributed by atoms with Crippen molar-refractivity contribution in [3.05, 3.63) is 29.6 Å². The molecule has 1 aliphatic heterocycles. The molecule has 14 heavy (non-hydrogen) atoms. The fourth-order valence-corrected chi connectivity index (χ4v) is 1.56. The summed E-state index contributed by atoms with van der Waals surface area (Å²) in [5.41, 5.74) is 1.52. The zero-order valence-corrected chi connectivity index (χ0v) is 8.16. The van der Waals surface area contributed by atoms with Gasteiger partial charge in [0.25, 0.3) is 5.91 Å². The minimum Gasteiger partial charge on any atom is -0.335 e. The van der Waals surface area contributed by atoms with Gasteiger partial charge in [-0.15, -0.1) is 0 Å². The molecule has 1 aromatic rings. The van der Waals surface area contributed by atoms with E-state index in [4.69, 9.17) is 0 Å². The van der Waals surface area contributed by atoms with Gasteiger partial charge in [-0.05, 0) is 13.3 Å². The van der Waals surface area contributed by atoms with Crippen molar-refractivity contribution in [2.45, 2.75) is 13.3 Å². The minimum atomic E-state index is 0.0700. The zero-order valence-electron chi connectivity index (χ0n) is 8.16. The van der Waals surface area contributed by atoms with Crippen molar-refractivity contribution in [1.82, 2.24) is 15.1 Å². The number of nitrogens with one attached hydrogen (secondary N) is 1. The molecule has 0 aromatic carbocycles. The quantitative estimate of drug-likeness (QED) is 0.676. The predicted octanol–water partition coefficient (Wildman–Crippen LogP) is 1.12. The molecule has 0 atom stereocenters. The van der Waals surface area contributed by atoms with E-state index in [1.54, 1.807) is 6.20 Å². The Morgan fingerprint density at radius 1 is 1.57 bits per heavy atom. The Morgan fingerprint density at radius 2 is 2.43 bits per heavy atom. The van der Waals surface area contributed by atoms with Gasteiger partial charge in [0.1, 0.15) is 0 Å². The van der Waals surface area contributed by atoms with Crippen LogP contribution in [0.1, 0.15) is 22.5 Å². The van der Waals surface area contributed by atoms with E-state index in [2.05, 4.69) is 16.3 Å². The minimum absolute atomic E-state index is 0.0700. The largest absolute Gasteiger partial charge is 0.335 e. The number of amides is 1. The van der Waals surface area contributed by atoms with Crippen molar-refractivity contribution < 1.29 is 4.79 Å². The fraction of sp³-hybridized carbons (Fsp3) is 0.400. The highest BCUT2D eigenvalue weighted by Crippen LogP contribution is 2.10. The molecule has 4 nitrogen and oxygen atoms in total. The van der Waals surface area contributed by atoms with Crippen LogP contribution in [0.5, 0.6) is 0 Å². The molecule has 0 fully saturated rings. The molecule has 1 N–H and O–H groups in total. The van der Waals surface area contributed by atoms with Gasteiger partial charge in [0.15, 0.2) is 0 Å². The van der Waals surface area contributed by atoms with Crippen molar-refractivity contribution in [3.63, 3.8) is 0 Å². The molecule has 0 unspecified atom stereocenters. The SMILES string of the molecule is Cc1[nH]ncc1C(=O)N1CC=CCC1. The predicted molar refractivity (Wildman–Crippen MR) is 53.0 cm³/mol. The molecule has 2 heterocycles. The molecule has 0 radical (unpaired) electrons. The van der Waals surface area contributed by atoms with Gasteiger partial charge in [0.2, 0.25) is 0 Å². The van der Waals surface area contributed by atoms with E-state index in [9.17, 15) is 4.79 Å². The van der Waals surface area contributed by atoms with E-state index >= 15 is 0 Å². The maximum absolute atomic E-state index is 11.9. The van der Waals surface area contributed by atoms with Crippen LogP contribution in [0.4, 0.5) is 0 Å². The van der Waals surface area contributed by atoms with Crippen LogP contribution in [-0.4, -0.2) is 34.1 Å². The van der Waals surface area contributed by atoms with Crippen LogP contribution >= 0.6 is 0 Å². The van der Waals surface area contributed by atoms with Crippen LogP contribution in [-0.2, 0) is 0 Å². The number of aromatic amines is 1. The van der Waals surface area contributed by atoms with Crippen molar-refractivity contribution in [3.8, 4) is 0 Å². The summed E-state index contributed by atoms with van der Waals surface area (Å²) in [4.78, 5) is 13.7. The van der Waals surface area contributed by atoms with Crippen LogP contribution < -0.4 is 0 Å². The van der Waals surface area contributed by atoms with E-state index in [-0.39, 0.29) is 5.91 Å². The highest BCUT2D eigenvalue weighted by molar-refractivity contribution is 5.95. The lowest BCUT2D eigenvalue weighted by molar-refractivity contribution is 0.0770. The molecule has 74 valence electrons. The second-order valence-corrected chi connectivity index (χ2v) is 3.42. The third kappa shape index (κ3) is 1.55. The van der Waals surface area contributed by atoms with Gasteiger partial charge in [-0.25, -0.2) is 0 Å². The van der Waals surface area contributed by atoms with Crippen molar-refractivity contribution in [1.29, 1.82) is 0 Å². The normalized spacial score (nSPS) is 15.9. The molecule has 0 saturated carbocycles. The summed E-state index contributed by atoms with van der Waals surface area (Å²) in [5.74, 6) is 0.0700. The number of carbonyl (C=O) groups excluding carboxylic acids is 1. The maximum Gasteiger partial charge on any atom is 0.257 e. The Balaban J connectivity index is 2.16. The van der Waals surface area contributed by atoms with E-state index in [1.807, 2.05) is 17.9 Å². The zero-order chi connectivity index (χ0) is 9.97. The number of aromatic nitrogens is 2. The van der Waals surface area contributed by atoms with Crippen LogP contribution in [0.15, 0.2) is 18.3 Å². The molecule has 1 amide bonds. The molecule has 2 rings (SSSR count). The lowest BCUT2D eigenvalue weighted by Gasteiger charge is -2.22. The number of rotatable bonds is 1. The second-order valence-electron chi connectivity index (χ2n) is 3.42. The third-order valence-electron chi connectivity index (χ3n) is 2.41. The molecule has 4 heteroatoms. The Labute approximate surface area is 82.6 Å². The summed E-state index contributed by atoms with van der Waals surface area (Å²) in [6, 6.07) is 0. The lowest BCUT2D eigenvalue weighted by atomic mass is 10.2. The van der Waals surface area contributed by atoms with Gasteiger partial charge in [-0.2, -0.15) is 5.10 Å². The molecule has 1 aliphatic rings. The van der Waals surface area contributed by atoms with Crippen LogP contribution in [0.2, 0.25) is 0 Å². The number of hydrogen-bond donors (Lipinski definition) is 1. The van der Waals surface area contributed by atoms with Crippen molar-refractivity contribution >= 4 is 5.91 Å². The number of nitrogens with zero attached hydrogens (tertiary/aromatic N) is 2. The Kier molecular flexibility index (Phi) is 2.35. The van der Waals surface area contributed by atoms with E-state index in [1.165, 1.54) is 0 Å². The number of carbonyl (C=O) groups is 1. The Hall–Kier alpha value is -1.58. The highest BCUT2D eigenvalue weighted by Gasteiger charge is 2.18. The molecule has 0 aliphatic carbocycles. The lowest BCUT2D eigenvalue weighted by Crippen LogP contribution is -2.33. The van der Waals surface area contributed by atoms with Gasteiger partial charge in [-0.1, -0.05) is 12.2 Å². The van der Waals surface area contributed by atoms with Crippen LogP contribution in [0.25, 0.3) is 0 Å². The first-order valence-electron chi connectivity index (χ1n) is 4.73. The summed E-state index contributed by atoms with van der Waals surface area (Å²) in [6.45, 7) is 3.38. The number of H-pyrrole nitrogens is 1. The second kappa shape index (κ2) is 3.65. The van der Waals surface area contributed by atoms with Gasteiger partial charge < -0.3 is 4.90 Å². The van der Waals surface area contributed by atoms with E-state index < -0.39 is 0 Å². The Bertz CT molecular complexity index is 367. The summed E-state index contributed by atoms with van der Waals surface area (Å²) >= 11 is 0. The maximum atomic E-state index is 11.9. The summed E-state index contributed by atoms with van der Waals surface area (Å²) in [7, 11) is 0.